The van der Waals surface area contributed by atoms with Crippen LogP contribution in [0, 0.1) is 5.92 Å². The lowest BCUT2D eigenvalue weighted by atomic mass is 9.93. The van der Waals surface area contributed by atoms with Crippen LogP contribution in [-0.4, -0.2) is 41.2 Å². The van der Waals surface area contributed by atoms with Crippen molar-refractivity contribution in [1.82, 2.24) is 20.4 Å². The van der Waals surface area contributed by atoms with Crippen molar-refractivity contribution in [2.75, 3.05) is 20.2 Å². The summed E-state index contributed by atoms with van der Waals surface area (Å²) in [5, 5.41) is 10.6. The molecule has 2 N–H and O–H groups in total. The van der Waals surface area contributed by atoms with Gasteiger partial charge in [0, 0.05) is 31.7 Å². The number of ether oxygens (including phenoxy) is 1. The van der Waals surface area contributed by atoms with Gasteiger partial charge in [0.15, 0.2) is 0 Å². The number of hydrogen-bond acceptors (Lipinski definition) is 4. The highest BCUT2D eigenvalue weighted by atomic mass is 16.5. The van der Waals surface area contributed by atoms with E-state index in [4.69, 9.17) is 4.74 Å². The lowest BCUT2D eigenvalue weighted by molar-refractivity contribution is -0.121. The fourth-order valence-electron chi connectivity index (χ4n) is 3.93. The van der Waals surface area contributed by atoms with Gasteiger partial charge in [-0.05, 0) is 61.4 Å². The zero-order chi connectivity index (χ0) is 20.6. The minimum atomic E-state index is 0.125. The molecule has 0 saturated carbocycles. The van der Waals surface area contributed by atoms with Crippen LogP contribution in [0.1, 0.15) is 62.4 Å². The molecule has 29 heavy (non-hydrogen) atoms. The zero-order valence-electron chi connectivity index (χ0n) is 17.9. The van der Waals surface area contributed by atoms with Crippen LogP contribution in [0.5, 0.6) is 5.75 Å². The third-order valence-corrected chi connectivity index (χ3v) is 5.64. The average molecular weight is 399 g/mol. The maximum Gasteiger partial charge on any atom is 0.220 e. The second-order valence-electron chi connectivity index (χ2n) is 8.38. The number of likely N-dealkylation sites (tertiary alicyclic amines) is 1. The van der Waals surface area contributed by atoms with Gasteiger partial charge in [-0.25, -0.2) is 0 Å². The number of piperidine rings is 1. The van der Waals surface area contributed by atoms with E-state index in [9.17, 15) is 4.79 Å². The highest BCUT2D eigenvalue weighted by molar-refractivity contribution is 5.75. The molecule has 3 rings (SSSR count). The van der Waals surface area contributed by atoms with Crippen molar-refractivity contribution in [3.8, 4) is 5.75 Å². The van der Waals surface area contributed by atoms with Crippen molar-refractivity contribution in [1.29, 1.82) is 0 Å². The van der Waals surface area contributed by atoms with E-state index < -0.39 is 0 Å². The molecule has 158 valence electrons. The maximum atomic E-state index is 12.3. The topological polar surface area (TPSA) is 70.2 Å². The van der Waals surface area contributed by atoms with E-state index in [1.54, 1.807) is 7.11 Å². The summed E-state index contributed by atoms with van der Waals surface area (Å²) in [6.45, 7) is 7.96. The minimum absolute atomic E-state index is 0.125. The van der Waals surface area contributed by atoms with Crippen LogP contribution < -0.4 is 10.1 Å². The third-order valence-electron chi connectivity index (χ3n) is 5.64. The van der Waals surface area contributed by atoms with Crippen LogP contribution in [0.4, 0.5) is 0 Å². The first-order valence-electron chi connectivity index (χ1n) is 10.7. The van der Waals surface area contributed by atoms with Crippen LogP contribution in [0.2, 0.25) is 0 Å². The molecule has 0 aliphatic carbocycles. The first-order chi connectivity index (χ1) is 14.0. The second-order valence-corrected chi connectivity index (χ2v) is 8.38. The van der Waals surface area contributed by atoms with E-state index in [0.29, 0.717) is 24.8 Å². The Bertz CT molecular complexity index is 787. The molecule has 1 aromatic carbocycles. The average Bonchev–Trinajstić information content (AvgIpc) is 3.20. The Morgan fingerprint density at radius 1 is 1.38 bits per heavy atom. The number of amides is 1. The van der Waals surface area contributed by atoms with Crippen LogP contribution in [0.3, 0.4) is 0 Å². The fourth-order valence-corrected chi connectivity index (χ4v) is 3.93. The molecule has 2 aromatic rings. The molecule has 0 radical (unpaired) electrons. The molecule has 1 amide bonds. The summed E-state index contributed by atoms with van der Waals surface area (Å²) < 4.78 is 5.23. The normalized spacial score (nSPS) is 17.4. The van der Waals surface area contributed by atoms with E-state index in [-0.39, 0.29) is 5.91 Å². The number of aromatic nitrogens is 2. The first-order valence-corrected chi connectivity index (χ1v) is 10.7. The van der Waals surface area contributed by atoms with Gasteiger partial charge in [0.2, 0.25) is 5.91 Å². The van der Waals surface area contributed by atoms with Crippen LogP contribution >= 0.6 is 0 Å². The predicted molar refractivity (Wildman–Crippen MR) is 115 cm³/mol. The molecule has 1 saturated heterocycles. The third kappa shape index (κ3) is 6.60. The Labute approximate surface area is 174 Å². The van der Waals surface area contributed by atoms with Gasteiger partial charge in [0.1, 0.15) is 5.75 Å². The van der Waals surface area contributed by atoms with E-state index in [0.717, 1.165) is 43.1 Å². The van der Waals surface area contributed by atoms with Gasteiger partial charge in [0.25, 0.3) is 0 Å². The Balaban J connectivity index is 1.39. The van der Waals surface area contributed by atoms with E-state index in [1.165, 1.54) is 18.5 Å². The number of methoxy groups -OCH3 is 1. The molecular weight excluding hydrogens is 364 g/mol. The Morgan fingerprint density at radius 3 is 3.00 bits per heavy atom. The van der Waals surface area contributed by atoms with Gasteiger partial charge in [-0.3, -0.25) is 14.8 Å². The molecular formula is C23H34N4O2. The van der Waals surface area contributed by atoms with Crippen molar-refractivity contribution >= 4 is 5.91 Å². The number of nitrogens with one attached hydrogen (secondary N) is 2. The maximum absolute atomic E-state index is 12.3. The summed E-state index contributed by atoms with van der Waals surface area (Å²) in [6.07, 6.45) is 3.94. The van der Waals surface area contributed by atoms with E-state index in [1.807, 2.05) is 24.3 Å². The van der Waals surface area contributed by atoms with Gasteiger partial charge in [-0.1, -0.05) is 26.0 Å². The van der Waals surface area contributed by atoms with Crippen molar-refractivity contribution < 1.29 is 9.53 Å². The van der Waals surface area contributed by atoms with Crippen LogP contribution in [0.15, 0.2) is 30.3 Å². The number of H-pyrrole nitrogens is 1. The van der Waals surface area contributed by atoms with Crippen molar-refractivity contribution in [3.05, 3.63) is 47.3 Å². The molecule has 1 aliphatic heterocycles. The summed E-state index contributed by atoms with van der Waals surface area (Å²) in [7, 11) is 1.65. The van der Waals surface area contributed by atoms with Crippen LogP contribution in [-0.2, 0) is 17.9 Å². The van der Waals surface area contributed by atoms with E-state index >= 15 is 0 Å². The van der Waals surface area contributed by atoms with Gasteiger partial charge in [-0.15, -0.1) is 0 Å². The number of hydrogen-bond donors (Lipinski definition) is 2. The molecule has 1 fully saturated rings. The van der Waals surface area contributed by atoms with Crippen molar-refractivity contribution in [2.24, 2.45) is 5.92 Å². The van der Waals surface area contributed by atoms with Gasteiger partial charge in [0.05, 0.1) is 12.8 Å². The molecule has 2 heterocycles. The monoisotopic (exact) mass is 398 g/mol. The summed E-state index contributed by atoms with van der Waals surface area (Å²) >= 11 is 0. The molecule has 1 aromatic heterocycles. The van der Waals surface area contributed by atoms with Crippen molar-refractivity contribution in [2.45, 2.75) is 58.5 Å². The Morgan fingerprint density at radius 2 is 2.24 bits per heavy atom. The van der Waals surface area contributed by atoms with Crippen LogP contribution in [0.25, 0.3) is 0 Å². The summed E-state index contributed by atoms with van der Waals surface area (Å²) in [5.41, 5.74) is 3.37. The zero-order valence-corrected chi connectivity index (χ0v) is 17.9. The molecule has 0 bridgehead atoms. The molecule has 6 nitrogen and oxygen atoms in total. The largest absolute Gasteiger partial charge is 0.497 e. The summed E-state index contributed by atoms with van der Waals surface area (Å²) in [4.78, 5) is 14.8. The summed E-state index contributed by atoms with van der Waals surface area (Å²) in [6, 6.07) is 10.00. The Hall–Kier alpha value is -2.34. The lowest BCUT2D eigenvalue weighted by Gasteiger charge is -2.32. The highest BCUT2D eigenvalue weighted by Crippen LogP contribution is 2.23. The highest BCUT2D eigenvalue weighted by Gasteiger charge is 2.21. The Kier molecular flexibility index (Phi) is 7.69. The standard InChI is InChI=1S/C23H34N4O2/c1-17(2)22-13-20(25-26-22)16-27-11-5-7-18(15-27)9-10-23(28)24-14-19-6-4-8-21(12-19)29-3/h4,6,8,12-13,17-18H,5,7,9-11,14-16H2,1-3H3,(H,24,28)(H,25,26). The van der Waals surface area contributed by atoms with Crippen molar-refractivity contribution in [3.63, 3.8) is 0 Å². The first kappa shape index (κ1) is 21.4. The molecule has 1 atom stereocenters. The molecule has 0 spiro atoms. The SMILES string of the molecule is COc1cccc(CNC(=O)CCC2CCCN(Cc3cc(C(C)C)n[nH]3)C2)c1. The number of aromatic amines is 1. The van der Waals surface area contributed by atoms with Gasteiger partial charge in [-0.2, -0.15) is 5.10 Å². The van der Waals surface area contributed by atoms with Gasteiger partial charge < -0.3 is 10.1 Å². The van der Waals surface area contributed by atoms with Gasteiger partial charge >= 0.3 is 0 Å². The molecule has 6 heteroatoms. The number of carbonyl (C=O) groups is 1. The number of nitrogens with zero attached hydrogens (tertiary/aromatic N) is 2. The predicted octanol–water partition coefficient (Wildman–Crippen LogP) is 3.85. The number of benzene rings is 1. The minimum Gasteiger partial charge on any atom is -0.497 e. The smallest absolute Gasteiger partial charge is 0.220 e. The molecule has 1 unspecified atom stereocenters. The number of rotatable bonds is 9. The summed E-state index contributed by atoms with van der Waals surface area (Å²) in [5.74, 6) is 1.97. The lowest BCUT2D eigenvalue weighted by Crippen LogP contribution is -2.35. The fraction of sp³-hybridized carbons (Fsp3) is 0.565. The van der Waals surface area contributed by atoms with E-state index in [2.05, 4.69) is 40.3 Å². The quantitative estimate of drug-likeness (QED) is 0.673. The second kappa shape index (κ2) is 10.4. The molecule has 1 aliphatic rings. The number of carbonyl (C=O) groups excluding carboxylic acids is 1.